The molecule has 1 saturated heterocycles. The summed E-state index contributed by atoms with van der Waals surface area (Å²) >= 11 is 0. The van der Waals surface area contributed by atoms with Crippen LogP contribution in [0.4, 0.5) is 0 Å². The van der Waals surface area contributed by atoms with Crippen LogP contribution in [0.2, 0.25) is 0 Å². The standard InChI is InChI=1S/C25H29NO13/c1-10(27)19-17(7-6-15-8-16(24(32)33)26-20(15)19)38-25-23(37-14(5)31)22(36-13(4)30)21(35-12(3)29)18(39-25)9-34-11(2)28/h6-8,10,18,21-23,25-27H,9H2,1-5H3,(H,32,33)/t10?,18-,21+,22+,23-,25-/m1/s1. The van der Waals surface area contributed by atoms with Gasteiger partial charge in [-0.2, -0.15) is 0 Å². The van der Waals surface area contributed by atoms with Crippen molar-refractivity contribution in [3.63, 3.8) is 0 Å². The van der Waals surface area contributed by atoms with Crippen molar-refractivity contribution in [1.82, 2.24) is 4.98 Å². The van der Waals surface area contributed by atoms with Crippen LogP contribution in [0.1, 0.15) is 56.8 Å². The molecule has 1 aromatic carbocycles. The molecule has 2 aromatic rings. The Labute approximate surface area is 222 Å². The lowest BCUT2D eigenvalue weighted by Crippen LogP contribution is -2.63. The minimum atomic E-state index is -1.53. The molecule has 1 unspecified atom stereocenters. The average Bonchev–Trinajstić information content (AvgIpc) is 3.25. The third-order valence-corrected chi connectivity index (χ3v) is 5.64. The van der Waals surface area contributed by atoms with E-state index in [4.69, 9.17) is 28.4 Å². The van der Waals surface area contributed by atoms with Gasteiger partial charge >= 0.3 is 29.8 Å². The number of aromatic carboxylic acids is 1. The van der Waals surface area contributed by atoms with E-state index < -0.39 is 73.3 Å². The number of hydrogen-bond acceptors (Lipinski definition) is 12. The summed E-state index contributed by atoms with van der Waals surface area (Å²) in [5, 5.41) is 20.4. The van der Waals surface area contributed by atoms with Crippen molar-refractivity contribution >= 4 is 40.7 Å². The summed E-state index contributed by atoms with van der Waals surface area (Å²) < 4.78 is 33.1. The van der Waals surface area contributed by atoms with Gasteiger partial charge in [0, 0.05) is 38.6 Å². The van der Waals surface area contributed by atoms with Crippen molar-refractivity contribution in [3.05, 3.63) is 29.5 Å². The number of nitrogens with one attached hydrogen (secondary N) is 1. The van der Waals surface area contributed by atoms with Gasteiger partial charge in [-0.05, 0) is 25.1 Å². The summed E-state index contributed by atoms with van der Waals surface area (Å²) in [7, 11) is 0. The first kappa shape index (κ1) is 29.4. The van der Waals surface area contributed by atoms with Crippen LogP contribution in [-0.4, -0.2) is 82.4 Å². The maximum Gasteiger partial charge on any atom is 0.352 e. The molecule has 0 amide bonds. The summed E-state index contributed by atoms with van der Waals surface area (Å²) in [6.07, 6.45) is -8.24. The number of rotatable bonds is 9. The SMILES string of the molecule is CC(=O)OC[C@H]1O[C@@H](Oc2ccc3cc(C(=O)O)[nH]c3c2C(C)O)[C@H](OC(C)=O)[C@@H](OC(C)=O)[C@H]1OC(C)=O. The van der Waals surface area contributed by atoms with E-state index in [1.807, 2.05) is 0 Å². The molecule has 0 bridgehead atoms. The van der Waals surface area contributed by atoms with Crippen LogP contribution in [0, 0.1) is 0 Å². The topological polar surface area (TPSA) is 197 Å². The van der Waals surface area contributed by atoms with Gasteiger partial charge in [0.25, 0.3) is 0 Å². The second kappa shape index (κ2) is 12.1. The Morgan fingerprint density at radius 2 is 1.51 bits per heavy atom. The molecule has 2 heterocycles. The zero-order chi connectivity index (χ0) is 29.0. The number of esters is 4. The summed E-state index contributed by atoms with van der Waals surface area (Å²) in [5.41, 5.74) is 0.301. The van der Waals surface area contributed by atoms with Gasteiger partial charge < -0.3 is 43.6 Å². The lowest BCUT2D eigenvalue weighted by molar-refractivity contribution is -0.288. The normalized spacial score (nSPS) is 23.4. The van der Waals surface area contributed by atoms with E-state index in [0.717, 1.165) is 27.7 Å². The molecule has 212 valence electrons. The van der Waals surface area contributed by atoms with Crippen molar-refractivity contribution in [2.45, 2.75) is 71.4 Å². The van der Waals surface area contributed by atoms with Gasteiger partial charge in [0.05, 0.1) is 11.6 Å². The zero-order valence-electron chi connectivity index (χ0n) is 21.8. The van der Waals surface area contributed by atoms with Crippen LogP contribution < -0.4 is 4.74 Å². The zero-order valence-corrected chi connectivity index (χ0v) is 21.8. The predicted molar refractivity (Wildman–Crippen MR) is 128 cm³/mol. The van der Waals surface area contributed by atoms with Gasteiger partial charge in [0.2, 0.25) is 12.4 Å². The fraction of sp³-hybridized carbons (Fsp3) is 0.480. The number of aromatic nitrogens is 1. The van der Waals surface area contributed by atoms with Crippen LogP contribution >= 0.6 is 0 Å². The maximum atomic E-state index is 12.0. The molecule has 3 rings (SSSR count). The molecule has 14 heteroatoms. The van der Waals surface area contributed by atoms with Crippen LogP contribution in [0.3, 0.4) is 0 Å². The number of carbonyl (C=O) groups is 5. The van der Waals surface area contributed by atoms with Crippen molar-refractivity contribution in [1.29, 1.82) is 0 Å². The average molecular weight is 552 g/mol. The van der Waals surface area contributed by atoms with Crippen LogP contribution in [0.25, 0.3) is 10.9 Å². The van der Waals surface area contributed by atoms with Crippen LogP contribution in [0.15, 0.2) is 18.2 Å². The maximum absolute atomic E-state index is 12.0. The monoisotopic (exact) mass is 551 g/mol. The highest BCUT2D eigenvalue weighted by Crippen LogP contribution is 2.37. The molecule has 0 radical (unpaired) electrons. The molecule has 1 aromatic heterocycles. The highest BCUT2D eigenvalue weighted by Gasteiger charge is 2.53. The Balaban J connectivity index is 2.11. The summed E-state index contributed by atoms with van der Waals surface area (Å²) in [4.78, 5) is 61.6. The third-order valence-electron chi connectivity index (χ3n) is 5.64. The largest absolute Gasteiger partial charge is 0.477 e. The Bertz CT molecular complexity index is 1270. The number of aliphatic hydroxyl groups is 1. The van der Waals surface area contributed by atoms with Gasteiger partial charge in [-0.15, -0.1) is 0 Å². The first-order valence-corrected chi connectivity index (χ1v) is 11.8. The van der Waals surface area contributed by atoms with Gasteiger partial charge in [0.15, 0.2) is 12.2 Å². The molecule has 1 aliphatic heterocycles. The summed E-state index contributed by atoms with van der Waals surface area (Å²) in [5.74, 6) is -4.28. The van der Waals surface area contributed by atoms with E-state index >= 15 is 0 Å². The van der Waals surface area contributed by atoms with E-state index in [0.29, 0.717) is 5.39 Å². The molecule has 14 nitrogen and oxygen atoms in total. The van der Waals surface area contributed by atoms with E-state index in [2.05, 4.69) is 4.98 Å². The van der Waals surface area contributed by atoms with Crippen LogP contribution in [0.5, 0.6) is 5.75 Å². The number of ether oxygens (including phenoxy) is 6. The van der Waals surface area contributed by atoms with Gasteiger partial charge in [0.1, 0.15) is 24.2 Å². The number of carboxylic acids is 1. The van der Waals surface area contributed by atoms with Crippen molar-refractivity contribution in [2.24, 2.45) is 0 Å². The third kappa shape index (κ3) is 7.03. The van der Waals surface area contributed by atoms with E-state index in [1.165, 1.54) is 25.1 Å². The van der Waals surface area contributed by atoms with E-state index in [9.17, 15) is 34.2 Å². The summed E-state index contributed by atoms with van der Waals surface area (Å²) in [6, 6.07) is 4.35. The van der Waals surface area contributed by atoms with Crippen LogP contribution in [-0.2, 0) is 42.9 Å². The second-order valence-corrected chi connectivity index (χ2v) is 8.79. The highest BCUT2D eigenvalue weighted by molar-refractivity contribution is 5.95. The number of benzene rings is 1. The van der Waals surface area contributed by atoms with E-state index in [1.54, 1.807) is 0 Å². The number of aromatic amines is 1. The first-order valence-electron chi connectivity index (χ1n) is 11.8. The first-order chi connectivity index (χ1) is 18.3. The number of aliphatic hydroxyl groups excluding tert-OH is 1. The molecule has 39 heavy (non-hydrogen) atoms. The molecule has 6 atom stereocenters. The minimum absolute atomic E-state index is 0.0113. The second-order valence-electron chi connectivity index (χ2n) is 8.79. The molecule has 1 aliphatic rings. The fourth-order valence-corrected chi connectivity index (χ4v) is 4.24. The summed E-state index contributed by atoms with van der Waals surface area (Å²) in [6.45, 7) is 5.41. The number of H-pyrrole nitrogens is 1. The lowest BCUT2D eigenvalue weighted by Gasteiger charge is -2.44. The number of carbonyl (C=O) groups excluding carboxylic acids is 4. The highest BCUT2D eigenvalue weighted by atomic mass is 16.7. The van der Waals surface area contributed by atoms with Gasteiger partial charge in [-0.25, -0.2) is 4.79 Å². The Morgan fingerprint density at radius 1 is 0.923 bits per heavy atom. The number of hydrogen-bond donors (Lipinski definition) is 3. The Kier molecular flexibility index (Phi) is 9.14. The lowest BCUT2D eigenvalue weighted by atomic mass is 9.98. The Hall–Kier alpha value is -4.17. The number of fused-ring (bicyclic) bond motifs is 1. The fourth-order valence-electron chi connectivity index (χ4n) is 4.24. The molecule has 3 N–H and O–H groups in total. The minimum Gasteiger partial charge on any atom is -0.477 e. The predicted octanol–water partition coefficient (Wildman–Crippen LogP) is 1.38. The molecular formula is C25H29NO13. The molecule has 0 aliphatic carbocycles. The van der Waals surface area contributed by atoms with Crippen molar-refractivity contribution in [3.8, 4) is 5.75 Å². The molecule has 1 fully saturated rings. The molecular weight excluding hydrogens is 522 g/mol. The van der Waals surface area contributed by atoms with Crippen molar-refractivity contribution in [2.75, 3.05) is 6.61 Å². The van der Waals surface area contributed by atoms with Crippen molar-refractivity contribution < 1.29 is 62.6 Å². The molecule has 0 saturated carbocycles. The smallest absolute Gasteiger partial charge is 0.352 e. The number of carboxylic acid groups (broad SMARTS) is 1. The van der Waals surface area contributed by atoms with Gasteiger partial charge in [-0.3, -0.25) is 19.2 Å². The van der Waals surface area contributed by atoms with E-state index in [-0.39, 0.29) is 22.5 Å². The quantitative estimate of drug-likeness (QED) is 0.299. The Morgan fingerprint density at radius 3 is 2.05 bits per heavy atom. The molecule has 0 spiro atoms. The van der Waals surface area contributed by atoms with Gasteiger partial charge in [-0.1, -0.05) is 0 Å².